The summed E-state index contributed by atoms with van der Waals surface area (Å²) in [6.07, 6.45) is 8.41. The third kappa shape index (κ3) is 4.52. The second kappa shape index (κ2) is 7.66. The molecular formula is C13H25NO2. The summed E-state index contributed by atoms with van der Waals surface area (Å²) in [5, 5.41) is 11.4. The molecule has 0 bridgehead atoms. The molecule has 0 aromatic heterocycles. The van der Waals surface area contributed by atoms with E-state index >= 15 is 0 Å². The highest BCUT2D eigenvalue weighted by molar-refractivity contribution is 5.78. The largest absolute Gasteiger partial charge is 0.395 e. The fraction of sp³-hybridized carbons (Fsp3) is 0.923. The Morgan fingerprint density at radius 1 is 1.31 bits per heavy atom. The highest BCUT2D eigenvalue weighted by Crippen LogP contribution is 2.31. The Morgan fingerprint density at radius 3 is 2.56 bits per heavy atom. The first-order valence-corrected chi connectivity index (χ1v) is 6.66. The van der Waals surface area contributed by atoms with Crippen LogP contribution in [0.2, 0.25) is 0 Å². The Kier molecular flexibility index (Phi) is 6.46. The minimum Gasteiger partial charge on any atom is -0.395 e. The van der Waals surface area contributed by atoms with Crippen LogP contribution in [0, 0.1) is 11.8 Å². The molecule has 0 aromatic rings. The lowest BCUT2D eigenvalue weighted by molar-refractivity contribution is -0.126. The van der Waals surface area contributed by atoms with Gasteiger partial charge in [0.05, 0.1) is 6.61 Å². The van der Waals surface area contributed by atoms with E-state index in [1.807, 2.05) is 0 Å². The van der Waals surface area contributed by atoms with E-state index in [4.69, 9.17) is 5.11 Å². The van der Waals surface area contributed by atoms with Crippen LogP contribution in [0.25, 0.3) is 0 Å². The van der Waals surface area contributed by atoms with Gasteiger partial charge in [0.25, 0.3) is 0 Å². The van der Waals surface area contributed by atoms with Crippen LogP contribution in [0.5, 0.6) is 0 Å². The van der Waals surface area contributed by atoms with Gasteiger partial charge in [0.15, 0.2) is 0 Å². The van der Waals surface area contributed by atoms with Crippen molar-refractivity contribution >= 4 is 5.91 Å². The second-order valence-corrected chi connectivity index (χ2v) is 4.87. The second-order valence-electron chi connectivity index (χ2n) is 4.87. The third-order valence-electron chi connectivity index (χ3n) is 3.59. The molecule has 1 amide bonds. The van der Waals surface area contributed by atoms with Gasteiger partial charge in [-0.3, -0.25) is 4.79 Å². The van der Waals surface area contributed by atoms with Crippen molar-refractivity contribution in [3.63, 3.8) is 0 Å². The molecule has 1 rings (SSSR count). The number of carbonyl (C=O) groups excluding carboxylic acids is 1. The van der Waals surface area contributed by atoms with E-state index in [9.17, 15) is 4.79 Å². The minimum atomic E-state index is 0.0393. The van der Waals surface area contributed by atoms with Crippen LogP contribution in [0.3, 0.4) is 0 Å². The molecule has 0 spiro atoms. The fourth-order valence-electron chi connectivity index (χ4n) is 2.53. The molecule has 1 saturated carbocycles. The summed E-state index contributed by atoms with van der Waals surface area (Å²) in [6, 6.07) is 0. The van der Waals surface area contributed by atoms with Crippen LogP contribution in [0.1, 0.15) is 51.9 Å². The summed E-state index contributed by atoms with van der Waals surface area (Å²) in [5.74, 6) is 1.19. The molecule has 16 heavy (non-hydrogen) atoms. The summed E-state index contributed by atoms with van der Waals surface area (Å²) in [7, 11) is 0. The predicted octanol–water partition coefficient (Wildman–Crippen LogP) is 2.09. The van der Waals surface area contributed by atoms with Crippen LogP contribution >= 0.6 is 0 Å². The number of carbonyl (C=O) groups is 1. The predicted molar refractivity (Wildman–Crippen MR) is 65.1 cm³/mol. The SMILES string of the molecule is CCCCC1CCC(C(=O)NCCO)CC1. The average Bonchev–Trinajstić information content (AvgIpc) is 2.34. The van der Waals surface area contributed by atoms with Gasteiger partial charge in [-0.1, -0.05) is 26.2 Å². The van der Waals surface area contributed by atoms with Crippen LogP contribution in [0.4, 0.5) is 0 Å². The summed E-state index contributed by atoms with van der Waals surface area (Å²) < 4.78 is 0. The van der Waals surface area contributed by atoms with Crippen LogP contribution < -0.4 is 5.32 Å². The molecule has 0 aliphatic heterocycles. The van der Waals surface area contributed by atoms with Gasteiger partial charge >= 0.3 is 0 Å². The molecule has 0 saturated heterocycles. The molecule has 1 aliphatic carbocycles. The monoisotopic (exact) mass is 227 g/mol. The maximum Gasteiger partial charge on any atom is 0.223 e. The molecule has 1 aliphatic rings. The van der Waals surface area contributed by atoms with Crippen molar-refractivity contribution in [2.24, 2.45) is 11.8 Å². The molecule has 2 N–H and O–H groups in total. The van der Waals surface area contributed by atoms with Gasteiger partial charge in [0.1, 0.15) is 0 Å². The Hall–Kier alpha value is -0.570. The highest BCUT2D eigenvalue weighted by atomic mass is 16.3. The lowest BCUT2D eigenvalue weighted by Crippen LogP contribution is -2.34. The Morgan fingerprint density at radius 2 is 2.00 bits per heavy atom. The summed E-state index contributed by atoms with van der Waals surface area (Å²) in [4.78, 5) is 11.7. The summed E-state index contributed by atoms with van der Waals surface area (Å²) in [6.45, 7) is 2.67. The smallest absolute Gasteiger partial charge is 0.223 e. The van der Waals surface area contributed by atoms with E-state index in [0.29, 0.717) is 6.54 Å². The van der Waals surface area contributed by atoms with Gasteiger partial charge < -0.3 is 10.4 Å². The normalized spacial score (nSPS) is 25.4. The van der Waals surface area contributed by atoms with E-state index in [-0.39, 0.29) is 18.4 Å². The Bertz CT molecular complexity index is 198. The summed E-state index contributed by atoms with van der Waals surface area (Å²) in [5.41, 5.74) is 0. The van der Waals surface area contributed by atoms with E-state index < -0.39 is 0 Å². The van der Waals surface area contributed by atoms with Crippen molar-refractivity contribution in [2.45, 2.75) is 51.9 Å². The average molecular weight is 227 g/mol. The fourth-order valence-corrected chi connectivity index (χ4v) is 2.53. The summed E-state index contributed by atoms with van der Waals surface area (Å²) >= 11 is 0. The number of hydrogen-bond acceptors (Lipinski definition) is 2. The number of aliphatic hydroxyl groups is 1. The molecule has 0 unspecified atom stereocenters. The van der Waals surface area contributed by atoms with Gasteiger partial charge in [-0.05, 0) is 31.6 Å². The van der Waals surface area contributed by atoms with Crippen molar-refractivity contribution in [1.82, 2.24) is 5.32 Å². The molecule has 0 heterocycles. The number of rotatable bonds is 6. The quantitative estimate of drug-likeness (QED) is 0.730. The van der Waals surface area contributed by atoms with Gasteiger partial charge in [0, 0.05) is 12.5 Å². The molecule has 0 atom stereocenters. The zero-order valence-electron chi connectivity index (χ0n) is 10.4. The number of amides is 1. The maximum atomic E-state index is 11.7. The zero-order chi connectivity index (χ0) is 11.8. The van der Waals surface area contributed by atoms with E-state index in [2.05, 4.69) is 12.2 Å². The van der Waals surface area contributed by atoms with Crippen molar-refractivity contribution in [1.29, 1.82) is 0 Å². The van der Waals surface area contributed by atoms with E-state index in [1.165, 1.54) is 32.1 Å². The first-order valence-electron chi connectivity index (χ1n) is 6.66. The lowest BCUT2D eigenvalue weighted by Gasteiger charge is -2.27. The van der Waals surface area contributed by atoms with Gasteiger partial charge in [-0.2, -0.15) is 0 Å². The maximum absolute atomic E-state index is 11.7. The zero-order valence-corrected chi connectivity index (χ0v) is 10.4. The number of aliphatic hydroxyl groups excluding tert-OH is 1. The Labute approximate surface area is 98.6 Å². The van der Waals surface area contributed by atoms with Crippen molar-refractivity contribution < 1.29 is 9.90 Å². The van der Waals surface area contributed by atoms with Crippen molar-refractivity contribution in [2.75, 3.05) is 13.2 Å². The minimum absolute atomic E-state index is 0.0393. The van der Waals surface area contributed by atoms with Crippen LogP contribution in [-0.4, -0.2) is 24.2 Å². The number of nitrogens with one attached hydrogen (secondary N) is 1. The molecular weight excluding hydrogens is 202 g/mol. The van der Waals surface area contributed by atoms with Gasteiger partial charge in [0.2, 0.25) is 5.91 Å². The first kappa shape index (κ1) is 13.5. The number of unbranched alkanes of at least 4 members (excludes halogenated alkanes) is 1. The molecule has 3 heteroatoms. The van der Waals surface area contributed by atoms with Gasteiger partial charge in [-0.15, -0.1) is 0 Å². The first-order chi connectivity index (χ1) is 7.77. The standard InChI is InChI=1S/C13H25NO2/c1-2-3-4-11-5-7-12(8-6-11)13(16)14-9-10-15/h11-12,15H,2-10H2,1H3,(H,14,16). The van der Waals surface area contributed by atoms with E-state index in [1.54, 1.807) is 0 Å². The van der Waals surface area contributed by atoms with E-state index in [0.717, 1.165) is 18.8 Å². The molecule has 0 aromatic carbocycles. The molecule has 0 radical (unpaired) electrons. The highest BCUT2D eigenvalue weighted by Gasteiger charge is 2.25. The third-order valence-corrected chi connectivity index (χ3v) is 3.59. The van der Waals surface area contributed by atoms with Crippen molar-refractivity contribution in [3.05, 3.63) is 0 Å². The van der Waals surface area contributed by atoms with Crippen LogP contribution in [0.15, 0.2) is 0 Å². The van der Waals surface area contributed by atoms with Crippen LogP contribution in [-0.2, 0) is 4.79 Å². The van der Waals surface area contributed by atoms with Crippen molar-refractivity contribution in [3.8, 4) is 0 Å². The van der Waals surface area contributed by atoms with Gasteiger partial charge in [-0.25, -0.2) is 0 Å². The Balaban J connectivity index is 2.18. The molecule has 3 nitrogen and oxygen atoms in total. The molecule has 94 valence electrons. The molecule has 1 fully saturated rings. The topological polar surface area (TPSA) is 49.3 Å². The number of hydrogen-bond donors (Lipinski definition) is 2. The lowest BCUT2D eigenvalue weighted by atomic mass is 9.79.